The van der Waals surface area contributed by atoms with Crippen LogP contribution in [0.1, 0.15) is 32.5 Å². The summed E-state index contributed by atoms with van der Waals surface area (Å²) >= 11 is 0. The van der Waals surface area contributed by atoms with Crippen LogP contribution in [0.25, 0.3) is 0 Å². The molecule has 1 aliphatic heterocycles. The lowest BCUT2D eigenvalue weighted by atomic mass is 9.81. The number of aromatic nitrogens is 2. The van der Waals surface area contributed by atoms with Crippen molar-refractivity contribution in [3.8, 4) is 0 Å². The molecule has 18 heavy (non-hydrogen) atoms. The van der Waals surface area contributed by atoms with Gasteiger partial charge in [-0.05, 0) is 12.8 Å². The van der Waals surface area contributed by atoms with Gasteiger partial charge in [-0.25, -0.2) is 4.98 Å². The molecule has 0 saturated carbocycles. The molecule has 2 N–H and O–H groups in total. The molecule has 1 amide bonds. The molecule has 2 rings (SSSR count). The Bertz CT molecular complexity index is 414. The molecule has 1 aliphatic rings. The first-order valence-corrected chi connectivity index (χ1v) is 6.66. The van der Waals surface area contributed by atoms with Crippen LogP contribution in [0.2, 0.25) is 0 Å². The summed E-state index contributed by atoms with van der Waals surface area (Å²) in [5.74, 6) is 1.15. The minimum Gasteiger partial charge on any atom is -0.333 e. The standard InChI is InChI=1S/C13H22N4O/c1-3-13(4-2,10-14)12(18)17-8-7-16-6-5-15-11(16)9-17/h5-6H,3-4,7-10,14H2,1-2H3. The number of hydrogen-bond acceptors (Lipinski definition) is 3. The molecule has 1 aromatic heterocycles. The van der Waals surface area contributed by atoms with E-state index in [0.29, 0.717) is 13.1 Å². The molecule has 0 aliphatic carbocycles. The summed E-state index contributed by atoms with van der Waals surface area (Å²) in [6.07, 6.45) is 5.35. The van der Waals surface area contributed by atoms with Gasteiger partial charge in [0, 0.05) is 32.0 Å². The molecule has 100 valence electrons. The third kappa shape index (κ3) is 2.03. The van der Waals surface area contributed by atoms with E-state index in [9.17, 15) is 4.79 Å². The monoisotopic (exact) mass is 250 g/mol. The average Bonchev–Trinajstić information content (AvgIpc) is 2.88. The Balaban J connectivity index is 2.16. The third-order valence-electron chi connectivity index (χ3n) is 4.23. The fraction of sp³-hybridized carbons (Fsp3) is 0.692. The van der Waals surface area contributed by atoms with Crippen LogP contribution in [-0.2, 0) is 17.9 Å². The van der Waals surface area contributed by atoms with Crippen molar-refractivity contribution >= 4 is 5.91 Å². The van der Waals surface area contributed by atoms with Crippen molar-refractivity contribution in [2.75, 3.05) is 13.1 Å². The van der Waals surface area contributed by atoms with Gasteiger partial charge >= 0.3 is 0 Å². The largest absolute Gasteiger partial charge is 0.333 e. The molecule has 0 spiro atoms. The van der Waals surface area contributed by atoms with Crippen LogP contribution in [0.15, 0.2) is 12.4 Å². The van der Waals surface area contributed by atoms with Crippen LogP contribution in [0.4, 0.5) is 0 Å². The highest BCUT2D eigenvalue weighted by molar-refractivity contribution is 5.83. The molecule has 5 nitrogen and oxygen atoms in total. The topological polar surface area (TPSA) is 64.2 Å². The molecule has 0 radical (unpaired) electrons. The molecule has 0 atom stereocenters. The molecule has 1 aromatic rings. The highest BCUT2D eigenvalue weighted by Gasteiger charge is 2.37. The number of fused-ring (bicyclic) bond motifs is 1. The second-order valence-corrected chi connectivity index (χ2v) is 4.96. The molecule has 0 saturated heterocycles. The maximum absolute atomic E-state index is 12.7. The normalized spacial score (nSPS) is 15.6. The van der Waals surface area contributed by atoms with Crippen LogP contribution >= 0.6 is 0 Å². The summed E-state index contributed by atoms with van der Waals surface area (Å²) in [7, 11) is 0. The highest BCUT2D eigenvalue weighted by atomic mass is 16.2. The van der Waals surface area contributed by atoms with Crippen molar-refractivity contribution in [1.82, 2.24) is 14.5 Å². The van der Waals surface area contributed by atoms with Crippen LogP contribution in [0, 0.1) is 5.41 Å². The van der Waals surface area contributed by atoms with Crippen LogP contribution in [0.5, 0.6) is 0 Å². The summed E-state index contributed by atoms with van der Waals surface area (Å²) in [5, 5.41) is 0. The number of amides is 1. The molecular weight excluding hydrogens is 228 g/mol. The number of hydrogen-bond donors (Lipinski definition) is 1. The molecule has 0 fully saturated rings. The van der Waals surface area contributed by atoms with Gasteiger partial charge in [-0.2, -0.15) is 0 Å². The van der Waals surface area contributed by atoms with Gasteiger partial charge in [0.15, 0.2) is 0 Å². The zero-order chi connectivity index (χ0) is 13.2. The first-order chi connectivity index (χ1) is 8.66. The van der Waals surface area contributed by atoms with Gasteiger partial charge in [0.05, 0.1) is 12.0 Å². The number of imidazole rings is 1. The fourth-order valence-electron chi connectivity index (χ4n) is 2.61. The van der Waals surface area contributed by atoms with Crippen molar-refractivity contribution in [3.05, 3.63) is 18.2 Å². The Morgan fingerprint density at radius 3 is 2.78 bits per heavy atom. The average molecular weight is 250 g/mol. The van der Waals surface area contributed by atoms with E-state index in [1.807, 2.05) is 24.9 Å². The summed E-state index contributed by atoms with van der Waals surface area (Å²) in [4.78, 5) is 18.8. The van der Waals surface area contributed by atoms with Crippen molar-refractivity contribution in [2.24, 2.45) is 11.1 Å². The van der Waals surface area contributed by atoms with Gasteiger partial charge in [0.1, 0.15) is 5.82 Å². The second-order valence-electron chi connectivity index (χ2n) is 4.96. The number of nitrogens with two attached hydrogens (primary N) is 1. The Morgan fingerprint density at radius 1 is 1.44 bits per heavy atom. The van der Waals surface area contributed by atoms with Gasteiger partial charge in [-0.1, -0.05) is 13.8 Å². The summed E-state index contributed by atoms with van der Waals surface area (Å²) in [6, 6.07) is 0. The predicted molar refractivity (Wildman–Crippen MR) is 69.7 cm³/mol. The second kappa shape index (κ2) is 5.10. The van der Waals surface area contributed by atoms with Crippen LogP contribution in [-0.4, -0.2) is 33.4 Å². The van der Waals surface area contributed by atoms with E-state index in [-0.39, 0.29) is 5.91 Å². The van der Waals surface area contributed by atoms with Crippen molar-refractivity contribution in [3.63, 3.8) is 0 Å². The van der Waals surface area contributed by atoms with Gasteiger partial charge in [0.2, 0.25) is 5.91 Å². The zero-order valence-electron chi connectivity index (χ0n) is 11.2. The van der Waals surface area contributed by atoms with E-state index in [4.69, 9.17) is 5.73 Å². The number of carbonyl (C=O) groups is 1. The fourth-order valence-corrected chi connectivity index (χ4v) is 2.61. The van der Waals surface area contributed by atoms with Gasteiger partial charge in [0.25, 0.3) is 0 Å². The van der Waals surface area contributed by atoms with E-state index >= 15 is 0 Å². The number of carbonyl (C=O) groups excluding carboxylic acids is 1. The van der Waals surface area contributed by atoms with Crippen LogP contribution in [0.3, 0.4) is 0 Å². The van der Waals surface area contributed by atoms with Crippen molar-refractivity contribution < 1.29 is 4.79 Å². The molecule has 5 heteroatoms. The Kier molecular flexibility index (Phi) is 3.71. The highest BCUT2D eigenvalue weighted by Crippen LogP contribution is 2.29. The molecule has 2 heterocycles. The predicted octanol–water partition coefficient (Wildman–Crippen LogP) is 0.990. The molecular formula is C13H22N4O. The minimum absolute atomic E-state index is 0.184. The first kappa shape index (κ1) is 13.1. The van der Waals surface area contributed by atoms with E-state index in [0.717, 1.165) is 31.8 Å². The number of nitrogens with zero attached hydrogens (tertiary/aromatic N) is 3. The smallest absolute Gasteiger partial charge is 0.230 e. The maximum Gasteiger partial charge on any atom is 0.230 e. The Morgan fingerprint density at radius 2 is 2.17 bits per heavy atom. The minimum atomic E-state index is -0.394. The van der Waals surface area contributed by atoms with E-state index in [1.165, 1.54) is 0 Å². The number of rotatable bonds is 4. The van der Waals surface area contributed by atoms with Crippen LogP contribution < -0.4 is 5.73 Å². The van der Waals surface area contributed by atoms with Gasteiger partial charge in [-0.3, -0.25) is 4.79 Å². The summed E-state index contributed by atoms with van der Waals surface area (Å²) < 4.78 is 2.10. The molecule has 0 unspecified atom stereocenters. The molecule has 0 bridgehead atoms. The lowest BCUT2D eigenvalue weighted by molar-refractivity contribution is -0.143. The van der Waals surface area contributed by atoms with E-state index in [2.05, 4.69) is 9.55 Å². The molecule has 0 aromatic carbocycles. The lowest BCUT2D eigenvalue weighted by Crippen LogP contribution is -2.49. The SMILES string of the molecule is CCC(CC)(CN)C(=O)N1CCn2ccnc2C1. The summed E-state index contributed by atoms with van der Waals surface area (Å²) in [6.45, 7) is 6.69. The van der Waals surface area contributed by atoms with Gasteiger partial charge in [-0.15, -0.1) is 0 Å². The quantitative estimate of drug-likeness (QED) is 0.866. The van der Waals surface area contributed by atoms with Crippen molar-refractivity contribution in [1.29, 1.82) is 0 Å². The van der Waals surface area contributed by atoms with E-state index in [1.54, 1.807) is 6.20 Å². The summed E-state index contributed by atoms with van der Waals surface area (Å²) in [5.41, 5.74) is 5.45. The lowest BCUT2D eigenvalue weighted by Gasteiger charge is -2.37. The maximum atomic E-state index is 12.7. The first-order valence-electron chi connectivity index (χ1n) is 6.66. The Labute approximate surface area is 108 Å². The third-order valence-corrected chi connectivity index (χ3v) is 4.23. The van der Waals surface area contributed by atoms with E-state index < -0.39 is 5.41 Å². The zero-order valence-corrected chi connectivity index (χ0v) is 11.2. The van der Waals surface area contributed by atoms with Gasteiger partial charge < -0.3 is 15.2 Å². The van der Waals surface area contributed by atoms with Crippen molar-refractivity contribution in [2.45, 2.75) is 39.8 Å². The Hall–Kier alpha value is -1.36.